The van der Waals surface area contributed by atoms with E-state index in [-0.39, 0.29) is 11.8 Å². The van der Waals surface area contributed by atoms with Crippen molar-refractivity contribution in [1.29, 1.82) is 0 Å². The Labute approximate surface area is 184 Å². The second-order valence-corrected chi connectivity index (χ2v) is 8.30. The molecule has 0 aromatic heterocycles. The van der Waals surface area contributed by atoms with Crippen molar-refractivity contribution in [1.82, 2.24) is 4.90 Å². The molecule has 0 radical (unpaired) electrons. The van der Waals surface area contributed by atoms with Crippen molar-refractivity contribution in [2.24, 2.45) is 5.92 Å². The van der Waals surface area contributed by atoms with Gasteiger partial charge in [-0.25, -0.2) is 0 Å². The van der Waals surface area contributed by atoms with Gasteiger partial charge in [-0.3, -0.25) is 9.69 Å². The highest BCUT2D eigenvalue weighted by atomic mass is 16.5. The highest BCUT2D eigenvalue weighted by Crippen LogP contribution is 2.31. The Kier molecular flexibility index (Phi) is 6.68. The fourth-order valence-corrected chi connectivity index (χ4v) is 4.17. The number of para-hydroxylation sites is 1. The van der Waals surface area contributed by atoms with Crippen LogP contribution >= 0.6 is 0 Å². The van der Waals surface area contributed by atoms with E-state index in [9.17, 15) is 4.79 Å². The summed E-state index contributed by atoms with van der Waals surface area (Å²) in [7, 11) is 1.66. The molecule has 1 N–H and O–H groups in total. The van der Waals surface area contributed by atoms with Crippen molar-refractivity contribution in [3.05, 3.63) is 83.9 Å². The van der Waals surface area contributed by atoms with E-state index in [1.54, 1.807) is 7.11 Å². The van der Waals surface area contributed by atoms with Gasteiger partial charge < -0.3 is 10.1 Å². The molecule has 3 aromatic rings. The zero-order chi connectivity index (χ0) is 21.6. The molecule has 160 valence electrons. The predicted octanol–water partition coefficient (Wildman–Crippen LogP) is 5.52. The Balaban J connectivity index is 1.38. The average molecular weight is 415 g/mol. The van der Waals surface area contributed by atoms with E-state index in [4.69, 9.17) is 4.74 Å². The topological polar surface area (TPSA) is 41.6 Å². The van der Waals surface area contributed by atoms with Gasteiger partial charge in [-0.1, -0.05) is 60.2 Å². The number of anilines is 1. The van der Waals surface area contributed by atoms with E-state index in [1.807, 2.05) is 48.5 Å². The van der Waals surface area contributed by atoms with Crippen LogP contribution in [-0.4, -0.2) is 31.0 Å². The summed E-state index contributed by atoms with van der Waals surface area (Å²) in [6, 6.07) is 24.6. The Morgan fingerprint density at radius 2 is 1.74 bits per heavy atom. The molecule has 1 fully saturated rings. The Morgan fingerprint density at radius 3 is 2.48 bits per heavy atom. The van der Waals surface area contributed by atoms with Crippen LogP contribution < -0.4 is 10.1 Å². The second-order valence-electron chi connectivity index (χ2n) is 8.30. The van der Waals surface area contributed by atoms with Crippen LogP contribution in [0.1, 0.15) is 24.0 Å². The zero-order valence-electron chi connectivity index (χ0n) is 18.3. The van der Waals surface area contributed by atoms with Crippen molar-refractivity contribution in [3.8, 4) is 16.9 Å². The van der Waals surface area contributed by atoms with E-state index in [2.05, 4.69) is 41.4 Å². The maximum Gasteiger partial charge on any atom is 0.227 e. The number of ether oxygens (including phenoxy) is 1. The summed E-state index contributed by atoms with van der Waals surface area (Å²) >= 11 is 0. The molecule has 0 bridgehead atoms. The first-order valence-electron chi connectivity index (χ1n) is 10.9. The molecule has 1 saturated heterocycles. The van der Waals surface area contributed by atoms with Crippen molar-refractivity contribution < 1.29 is 9.53 Å². The van der Waals surface area contributed by atoms with E-state index >= 15 is 0 Å². The molecule has 1 heterocycles. The number of benzene rings is 3. The Bertz CT molecular complexity index is 1020. The minimum Gasteiger partial charge on any atom is -0.497 e. The van der Waals surface area contributed by atoms with E-state index in [0.717, 1.165) is 55.0 Å². The third-order valence-corrected chi connectivity index (χ3v) is 6.05. The summed E-state index contributed by atoms with van der Waals surface area (Å²) in [4.78, 5) is 15.5. The Morgan fingerprint density at radius 1 is 1.00 bits per heavy atom. The number of nitrogens with zero attached hydrogens (tertiary/aromatic N) is 1. The molecule has 0 spiro atoms. The highest BCUT2D eigenvalue weighted by molar-refractivity contribution is 5.96. The summed E-state index contributed by atoms with van der Waals surface area (Å²) in [5.74, 6) is 0.970. The third kappa shape index (κ3) is 5.33. The first kappa shape index (κ1) is 21.1. The standard InChI is InChI=1S/C27H30N2O2/c1-20-10-12-21(13-11-20)19-29-16-14-22(15-17-29)27(30)28-26-9-4-3-8-25(26)23-6-5-7-24(18-23)31-2/h3-13,18,22H,14-17,19H2,1-2H3,(H,28,30). The molecular weight excluding hydrogens is 384 g/mol. The number of piperidine rings is 1. The summed E-state index contributed by atoms with van der Waals surface area (Å²) in [5.41, 5.74) is 5.51. The molecular formula is C27H30N2O2. The Hall–Kier alpha value is -3.11. The zero-order valence-corrected chi connectivity index (χ0v) is 18.3. The molecule has 31 heavy (non-hydrogen) atoms. The van der Waals surface area contributed by atoms with Crippen LogP contribution in [0.2, 0.25) is 0 Å². The van der Waals surface area contributed by atoms with Gasteiger partial charge in [0.25, 0.3) is 0 Å². The fraction of sp³-hybridized carbons (Fsp3) is 0.296. The highest BCUT2D eigenvalue weighted by Gasteiger charge is 2.25. The molecule has 0 saturated carbocycles. The van der Waals surface area contributed by atoms with Gasteiger partial charge >= 0.3 is 0 Å². The lowest BCUT2D eigenvalue weighted by molar-refractivity contribution is -0.121. The number of carbonyl (C=O) groups excluding carboxylic acids is 1. The lowest BCUT2D eigenvalue weighted by Crippen LogP contribution is -2.37. The van der Waals surface area contributed by atoms with Crippen LogP contribution in [0.3, 0.4) is 0 Å². The van der Waals surface area contributed by atoms with E-state index in [1.165, 1.54) is 11.1 Å². The van der Waals surface area contributed by atoms with Gasteiger partial charge in [0.2, 0.25) is 5.91 Å². The van der Waals surface area contributed by atoms with Crippen molar-refractivity contribution >= 4 is 11.6 Å². The van der Waals surface area contributed by atoms with Crippen LogP contribution in [0.25, 0.3) is 11.1 Å². The molecule has 0 unspecified atom stereocenters. The molecule has 0 aliphatic carbocycles. The van der Waals surface area contributed by atoms with Gasteiger partial charge in [0.05, 0.1) is 7.11 Å². The van der Waals surface area contributed by atoms with Gasteiger partial charge in [-0.05, 0) is 62.2 Å². The van der Waals surface area contributed by atoms with Gasteiger partial charge in [0, 0.05) is 23.7 Å². The van der Waals surface area contributed by atoms with Crippen LogP contribution in [0, 0.1) is 12.8 Å². The predicted molar refractivity (Wildman–Crippen MR) is 126 cm³/mol. The maximum atomic E-state index is 13.0. The lowest BCUT2D eigenvalue weighted by Gasteiger charge is -2.31. The number of hydrogen-bond donors (Lipinski definition) is 1. The SMILES string of the molecule is COc1cccc(-c2ccccc2NC(=O)C2CCN(Cc3ccc(C)cc3)CC2)c1. The van der Waals surface area contributed by atoms with Gasteiger partial charge in [0.15, 0.2) is 0 Å². The quantitative estimate of drug-likeness (QED) is 0.577. The molecule has 1 amide bonds. The van der Waals surface area contributed by atoms with Gasteiger partial charge in [-0.2, -0.15) is 0 Å². The number of amides is 1. The summed E-state index contributed by atoms with van der Waals surface area (Å²) < 4.78 is 5.36. The van der Waals surface area contributed by atoms with E-state index in [0.29, 0.717) is 0 Å². The molecule has 4 heteroatoms. The first-order valence-corrected chi connectivity index (χ1v) is 10.9. The molecule has 3 aromatic carbocycles. The van der Waals surface area contributed by atoms with Crippen LogP contribution in [0.5, 0.6) is 5.75 Å². The molecule has 1 aliphatic heterocycles. The first-order chi connectivity index (χ1) is 15.1. The van der Waals surface area contributed by atoms with Crippen molar-refractivity contribution in [3.63, 3.8) is 0 Å². The fourth-order valence-electron chi connectivity index (χ4n) is 4.17. The molecule has 4 rings (SSSR count). The minimum absolute atomic E-state index is 0.0487. The molecule has 4 nitrogen and oxygen atoms in total. The number of methoxy groups -OCH3 is 1. The van der Waals surface area contributed by atoms with E-state index < -0.39 is 0 Å². The molecule has 0 atom stereocenters. The summed E-state index contributed by atoms with van der Waals surface area (Å²) in [5, 5.41) is 3.19. The number of aryl methyl sites for hydroxylation is 1. The monoisotopic (exact) mass is 414 g/mol. The minimum atomic E-state index is 0.0487. The number of carbonyl (C=O) groups is 1. The van der Waals surface area contributed by atoms with Crippen LogP contribution in [0.15, 0.2) is 72.8 Å². The third-order valence-electron chi connectivity index (χ3n) is 6.05. The largest absolute Gasteiger partial charge is 0.497 e. The smallest absolute Gasteiger partial charge is 0.227 e. The average Bonchev–Trinajstić information content (AvgIpc) is 2.81. The normalized spacial score (nSPS) is 14.9. The van der Waals surface area contributed by atoms with Crippen LogP contribution in [0.4, 0.5) is 5.69 Å². The van der Waals surface area contributed by atoms with Gasteiger partial charge in [-0.15, -0.1) is 0 Å². The maximum absolute atomic E-state index is 13.0. The number of likely N-dealkylation sites (tertiary alicyclic amines) is 1. The summed E-state index contributed by atoms with van der Waals surface area (Å²) in [6.07, 6.45) is 1.78. The number of nitrogens with one attached hydrogen (secondary N) is 1. The lowest BCUT2D eigenvalue weighted by atomic mass is 9.95. The van der Waals surface area contributed by atoms with Crippen LogP contribution in [-0.2, 0) is 11.3 Å². The van der Waals surface area contributed by atoms with Crippen molar-refractivity contribution in [2.45, 2.75) is 26.3 Å². The molecule has 1 aliphatic rings. The summed E-state index contributed by atoms with van der Waals surface area (Å²) in [6.45, 7) is 4.96. The number of rotatable bonds is 6. The second kappa shape index (κ2) is 9.80. The van der Waals surface area contributed by atoms with Crippen molar-refractivity contribution in [2.75, 3.05) is 25.5 Å². The van der Waals surface area contributed by atoms with Gasteiger partial charge in [0.1, 0.15) is 5.75 Å². The number of hydrogen-bond acceptors (Lipinski definition) is 3.